The van der Waals surface area contributed by atoms with Crippen molar-refractivity contribution >= 4 is 21.6 Å². The number of aliphatic hydroxyl groups excluding tert-OH is 1. The summed E-state index contributed by atoms with van der Waals surface area (Å²) in [6.45, 7) is 3.97. The number of nitrogens with zero attached hydrogens (tertiary/aromatic N) is 1. The van der Waals surface area contributed by atoms with E-state index in [0.29, 0.717) is 22.7 Å². The van der Waals surface area contributed by atoms with Crippen LogP contribution < -0.4 is 0 Å². The number of aliphatic hydroxyl groups is 1. The van der Waals surface area contributed by atoms with Crippen molar-refractivity contribution in [3.05, 3.63) is 28.3 Å². The lowest BCUT2D eigenvalue weighted by molar-refractivity contribution is 0.268. The van der Waals surface area contributed by atoms with E-state index in [4.69, 9.17) is 11.6 Å². The average molecular weight is 318 g/mol. The highest BCUT2D eigenvalue weighted by Crippen LogP contribution is 2.30. The van der Waals surface area contributed by atoms with Crippen LogP contribution in [0.3, 0.4) is 0 Å². The Balaban J connectivity index is 2.51. The summed E-state index contributed by atoms with van der Waals surface area (Å²) in [7, 11) is -3.56. The lowest BCUT2D eigenvalue weighted by atomic mass is 10.1. The second-order valence-corrected chi connectivity index (χ2v) is 7.60. The molecule has 1 aliphatic rings. The molecule has 1 fully saturated rings. The summed E-state index contributed by atoms with van der Waals surface area (Å²) >= 11 is 5.99. The number of hydrogen-bond acceptors (Lipinski definition) is 3. The lowest BCUT2D eigenvalue weighted by Gasteiger charge is -2.33. The molecule has 0 saturated carbocycles. The quantitative estimate of drug-likeness (QED) is 0.932. The number of sulfonamides is 1. The Hall–Kier alpha value is -0.620. The van der Waals surface area contributed by atoms with Gasteiger partial charge in [-0.2, -0.15) is 4.31 Å². The van der Waals surface area contributed by atoms with Gasteiger partial charge in [0.25, 0.3) is 0 Å². The van der Waals surface area contributed by atoms with Gasteiger partial charge in [-0.1, -0.05) is 18.0 Å². The molecule has 1 aromatic rings. The highest BCUT2D eigenvalue weighted by Gasteiger charge is 2.32. The summed E-state index contributed by atoms with van der Waals surface area (Å²) in [4.78, 5) is 0.211. The minimum atomic E-state index is -3.56. The van der Waals surface area contributed by atoms with E-state index in [1.54, 1.807) is 17.3 Å². The molecule has 4 nitrogen and oxygen atoms in total. The van der Waals surface area contributed by atoms with Gasteiger partial charge in [0.2, 0.25) is 10.0 Å². The van der Waals surface area contributed by atoms with Crippen LogP contribution in [0.4, 0.5) is 0 Å². The van der Waals surface area contributed by atoms with E-state index in [1.165, 1.54) is 6.07 Å². The van der Waals surface area contributed by atoms with E-state index >= 15 is 0 Å². The summed E-state index contributed by atoms with van der Waals surface area (Å²) in [5.41, 5.74) is 1.13. The third-order valence-electron chi connectivity index (χ3n) is 3.93. The van der Waals surface area contributed by atoms with Crippen molar-refractivity contribution in [2.75, 3.05) is 6.54 Å². The fourth-order valence-corrected chi connectivity index (χ4v) is 5.00. The predicted molar refractivity (Wildman–Crippen MR) is 79.3 cm³/mol. The molecule has 0 bridgehead atoms. The fourth-order valence-electron chi connectivity index (χ4n) is 2.70. The van der Waals surface area contributed by atoms with Crippen molar-refractivity contribution in [1.82, 2.24) is 4.31 Å². The zero-order chi connectivity index (χ0) is 14.9. The van der Waals surface area contributed by atoms with Gasteiger partial charge in [-0.15, -0.1) is 0 Å². The average Bonchev–Trinajstić information content (AvgIpc) is 2.41. The molecule has 1 unspecified atom stereocenters. The molecule has 1 N–H and O–H groups in total. The van der Waals surface area contributed by atoms with Gasteiger partial charge in [0, 0.05) is 17.6 Å². The number of piperidine rings is 1. The Kier molecular flexibility index (Phi) is 4.74. The standard InChI is InChI=1S/C14H20ClNO3S/c1-10-5-3-4-6-16(10)20(18,19)14-8-13(15)7-12(9-17)11(14)2/h7-8,10,17H,3-6,9H2,1-2H3. The van der Waals surface area contributed by atoms with Crippen LogP contribution >= 0.6 is 11.6 Å². The van der Waals surface area contributed by atoms with Crippen molar-refractivity contribution in [2.45, 2.75) is 50.7 Å². The van der Waals surface area contributed by atoms with Crippen molar-refractivity contribution in [2.24, 2.45) is 0 Å². The maximum Gasteiger partial charge on any atom is 0.243 e. The first-order valence-electron chi connectivity index (χ1n) is 6.79. The molecule has 0 amide bonds. The lowest BCUT2D eigenvalue weighted by Crippen LogP contribution is -2.42. The minimum Gasteiger partial charge on any atom is -0.392 e. The zero-order valence-electron chi connectivity index (χ0n) is 11.8. The van der Waals surface area contributed by atoms with Crippen molar-refractivity contribution in [3.8, 4) is 0 Å². The monoisotopic (exact) mass is 317 g/mol. The Morgan fingerprint density at radius 3 is 2.70 bits per heavy atom. The van der Waals surface area contributed by atoms with Crippen LogP contribution in [0.25, 0.3) is 0 Å². The number of benzene rings is 1. The van der Waals surface area contributed by atoms with E-state index in [9.17, 15) is 13.5 Å². The Labute approximate surface area is 125 Å². The Morgan fingerprint density at radius 2 is 2.10 bits per heavy atom. The van der Waals surface area contributed by atoms with E-state index < -0.39 is 10.0 Å². The van der Waals surface area contributed by atoms with Crippen LogP contribution in [0.2, 0.25) is 5.02 Å². The van der Waals surface area contributed by atoms with Gasteiger partial charge in [0.15, 0.2) is 0 Å². The molecule has 0 aromatic heterocycles. The van der Waals surface area contributed by atoms with E-state index in [-0.39, 0.29) is 17.5 Å². The predicted octanol–water partition coefficient (Wildman–Crippen LogP) is 2.70. The van der Waals surface area contributed by atoms with Crippen LogP contribution in [0.15, 0.2) is 17.0 Å². The first-order valence-corrected chi connectivity index (χ1v) is 8.61. The van der Waals surface area contributed by atoms with Crippen LogP contribution in [0.1, 0.15) is 37.3 Å². The number of halogens is 1. The molecule has 2 rings (SSSR count). The summed E-state index contributed by atoms with van der Waals surface area (Å²) < 4.78 is 27.2. The summed E-state index contributed by atoms with van der Waals surface area (Å²) in [5, 5.41) is 9.66. The van der Waals surface area contributed by atoms with E-state index in [0.717, 1.165) is 19.3 Å². The van der Waals surface area contributed by atoms with Gasteiger partial charge >= 0.3 is 0 Å². The fraction of sp³-hybridized carbons (Fsp3) is 0.571. The molecule has 1 aliphatic heterocycles. The third-order valence-corrected chi connectivity index (χ3v) is 6.29. The molecule has 1 heterocycles. The molecule has 20 heavy (non-hydrogen) atoms. The maximum atomic E-state index is 12.8. The largest absolute Gasteiger partial charge is 0.392 e. The summed E-state index contributed by atoms with van der Waals surface area (Å²) in [5.74, 6) is 0. The second kappa shape index (κ2) is 6.02. The number of rotatable bonds is 3. The maximum absolute atomic E-state index is 12.8. The molecule has 1 saturated heterocycles. The van der Waals surface area contributed by atoms with Gasteiger partial charge in [-0.3, -0.25) is 0 Å². The molecule has 1 aromatic carbocycles. The highest BCUT2D eigenvalue weighted by molar-refractivity contribution is 7.89. The molecular formula is C14H20ClNO3S. The van der Waals surface area contributed by atoms with Crippen LogP contribution in [-0.2, 0) is 16.6 Å². The third kappa shape index (κ3) is 2.86. The van der Waals surface area contributed by atoms with Gasteiger partial charge in [-0.05, 0) is 49.9 Å². The second-order valence-electron chi connectivity index (χ2n) is 5.31. The normalized spacial score (nSPS) is 21.1. The Morgan fingerprint density at radius 1 is 1.40 bits per heavy atom. The molecule has 6 heteroatoms. The Bertz CT molecular complexity index is 601. The smallest absolute Gasteiger partial charge is 0.243 e. The first kappa shape index (κ1) is 15.8. The molecule has 0 radical (unpaired) electrons. The van der Waals surface area contributed by atoms with E-state index in [1.807, 2.05) is 6.92 Å². The van der Waals surface area contributed by atoms with Crippen molar-refractivity contribution in [1.29, 1.82) is 0 Å². The molecular weight excluding hydrogens is 298 g/mol. The molecule has 112 valence electrons. The zero-order valence-corrected chi connectivity index (χ0v) is 13.3. The topological polar surface area (TPSA) is 57.6 Å². The SMILES string of the molecule is Cc1c(CO)cc(Cl)cc1S(=O)(=O)N1CCCCC1C. The molecule has 0 spiro atoms. The summed E-state index contributed by atoms with van der Waals surface area (Å²) in [6.07, 6.45) is 2.82. The van der Waals surface area contributed by atoms with E-state index in [2.05, 4.69) is 0 Å². The van der Waals surface area contributed by atoms with Crippen LogP contribution in [0, 0.1) is 6.92 Å². The van der Waals surface area contributed by atoms with Crippen molar-refractivity contribution < 1.29 is 13.5 Å². The highest BCUT2D eigenvalue weighted by atomic mass is 35.5. The first-order chi connectivity index (χ1) is 9.37. The van der Waals surface area contributed by atoms with Gasteiger partial charge < -0.3 is 5.11 Å². The molecule has 1 atom stereocenters. The summed E-state index contributed by atoms with van der Waals surface area (Å²) in [6, 6.07) is 3.09. The van der Waals surface area contributed by atoms with Crippen LogP contribution in [-0.4, -0.2) is 30.4 Å². The molecule has 0 aliphatic carbocycles. The van der Waals surface area contributed by atoms with Crippen LogP contribution in [0.5, 0.6) is 0 Å². The minimum absolute atomic E-state index is 0.00436. The van der Waals surface area contributed by atoms with Crippen molar-refractivity contribution in [3.63, 3.8) is 0 Å². The van der Waals surface area contributed by atoms with Gasteiger partial charge in [0.1, 0.15) is 0 Å². The number of hydrogen-bond donors (Lipinski definition) is 1. The van der Waals surface area contributed by atoms with Gasteiger partial charge in [0.05, 0.1) is 11.5 Å². The van der Waals surface area contributed by atoms with Gasteiger partial charge in [-0.25, -0.2) is 8.42 Å².